The number of ether oxygens (including phenoxy) is 1. The van der Waals surface area contributed by atoms with Crippen molar-refractivity contribution in [3.63, 3.8) is 0 Å². The summed E-state index contributed by atoms with van der Waals surface area (Å²) in [5.74, 6) is -0.280. The number of carbonyl (C=O) groups excluding carboxylic acids is 2. The molecule has 0 saturated heterocycles. The topological polar surface area (TPSA) is 58.6 Å². The van der Waals surface area contributed by atoms with Crippen LogP contribution in [-0.4, -0.2) is 35.9 Å². The summed E-state index contributed by atoms with van der Waals surface area (Å²) in [7, 11) is 0. The molecule has 30 heavy (non-hydrogen) atoms. The molecule has 0 aliphatic carbocycles. The highest BCUT2D eigenvalue weighted by Gasteiger charge is 2.28. The maximum absolute atomic E-state index is 13.3. The van der Waals surface area contributed by atoms with E-state index in [2.05, 4.69) is 21.2 Å². The Kier molecular flexibility index (Phi) is 9.80. The summed E-state index contributed by atoms with van der Waals surface area (Å²) < 4.78 is 19.8. The van der Waals surface area contributed by atoms with Gasteiger partial charge in [-0.25, -0.2) is 4.39 Å². The fourth-order valence-electron chi connectivity index (χ4n) is 2.97. The Morgan fingerprint density at radius 3 is 2.37 bits per heavy atom. The monoisotopic (exact) mass is 478 g/mol. The fourth-order valence-corrected chi connectivity index (χ4v) is 3.24. The molecule has 162 valence electrons. The highest BCUT2D eigenvalue weighted by atomic mass is 79.9. The van der Waals surface area contributed by atoms with Gasteiger partial charge in [-0.3, -0.25) is 9.59 Å². The van der Waals surface area contributed by atoms with Crippen LogP contribution in [0.2, 0.25) is 0 Å². The summed E-state index contributed by atoms with van der Waals surface area (Å²) in [5, 5.41) is 2.91. The number of hydrogen-bond acceptors (Lipinski definition) is 3. The molecule has 0 aliphatic rings. The quantitative estimate of drug-likeness (QED) is 0.476. The van der Waals surface area contributed by atoms with Crippen molar-refractivity contribution in [2.45, 2.75) is 45.7 Å². The molecule has 0 saturated carbocycles. The van der Waals surface area contributed by atoms with Crippen molar-refractivity contribution in [2.75, 3.05) is 13.2 Å². The minimum absolute atomic E-state index is 0.190. The average Bonchev–Trinajstić information content (AvgIpc) is 2.74. The zero-order chi connectivity index (χ0) is 21.9. The molecule has 2 rings (SSSR count). The average molecular weight is 479 g/mol. The first-order chi connectivity index (χ1) is 14.4. The minimum atomic E-state index is -0.632. The van der Waals surface area contributed by atoms with Crippen molar-refractivity contribution in [2.24, 2.45) is 0 Å². The lowest BCUT2D eigenvalue weighted by atomic mass is 10.1. The van der Waals surface area contributed by atoms with E-state index in [0.717, 1.165) is 22.9 Å². The van der Waals surface area contributed by atoms with Gasteiger partial charge in [-0.15, -0.1) is 0 Å². The number of halogens is 2. The first kappa shape index (κ1) is 23.9. The van der Waals surface area contributed by atoms with Gasteiger partial charge in [0.2, 0.25) is 5.91 Å². The van der Waals surface area contributed by atoms with E-state index in [1.165, 1.54) is 17.0 Å². The molecule has 0 fully saturated rings. The number of hydrogen-bond donors (Lipinski definition) is 1. The Bertz CT molecular complexity index is 812. The highest BCUT2D eigenvalue weighted by Crippen LogP contribution is 2.17. The third-order valence-corrected chi connectivity index (χ3v) is 5.19. The zero-order valence-electron chi connectivity index (χ0n) is 17.4. The smallest absolute Gasteiger partial charge is 0.261 e. The second-order valence-corrected chi connectivity index (χ2v) is 7.88. The number of unbranched alkanes of at least 4 members (excludes halogenated alkanes) is 1. The first-order valence-electron chi connectivity index (χ1n) is 10.1. The van der Waals surface area contributed by atoms with E-state index in [-0.39, 0.29) is 30.8 Å². The van der Waals surface area contributed by atoms with Gasteiger partial charge in [0.05, 0.1) is 0 Å². The van der Waals surface area contributed by atoms with Gasteiger partial charge in [-0.1, -0.05) is 48.3 Å². The number of nitrogens with one attached hydrogen (secondary N) is 1. The Labute approximate surface area is 185 Å². The third-order valence-electron chi connectivity index (χ3n) is 4.66. The van der Waals surface area contributed by atoms with Crippen LogP contribution in [0, 0.1) is 5.82 Å². The van der Waals surface area contributed by atoms with Crippen LogP contribution < -0.4 is 10.1 Å². The van der Waals surface area contributed by atoms with Crippen LogP contribution in [0.4, 0.5) is 4.39 Å². The van der Waals surface area contributed by atoms with E-state index in [1.54, 1.807) is 24.3 Å². The molecule has 0 unspecified atom stereocenters. The fraction of sp³-hybridized carbons (Fsp3) is 0.391. The van der Waals surface area contributed by atoms with Crippen molar-refractivity contribution in [3.05, 3.63) is 64.4 Å². The third kappa shape index (κ3) is 7.44. The lowest BCUT2D eigenvalue weighted by Gasteiger charge is -2.30. The van der Waals surface area contributed by atoms with Gasteiger partial charge < -0.3 is 15.0 Å². The van der Waals surface area contributed by atoms with Gasteiger partial charge in [-0.05, 0) is 54.8 Å². The van der Waals surface area contributed by atoms with Gasteiger partial charge >= 0.3 is 0 Å². The van der Waals surface area contributed by atoms with Crippen LogP contribution in [0.25, 0.3) is 0 Å². The van der Waals surface area contributed by atoms with Crippen molar-refractivity contribution >= 4 is 27.7 Å². The summed E-state index contributed by atoms with van der Waals surface area (Å²) in [6, 6.07) is 12.5. The van der Waals surface area contributed by atoms with Crippen LogP contribution in [0.3, 0.4) is 0 Å². The van der Waals surface area contributed by atoms with E-state index in [0.29, 0.717) is 18.7 Å². The molecule has 0 radical (unpaired) electrons. The van der Waals surface area contributed by atoms with E-state index in [4.69, 9.17) is 4.74 Å². The molecule has 0 aromatic heterocycles. The maximum Gasteiger partial charge on any atom is 0.261 e. The Morgan fingerprint density at radius 1 is 1.10 bits per heavy atom. The Morgan fingerprint density at radius 2 is 1.77 bits per heavy atom. The molecular weight excluding hydrogens is 451 g/mol. The zero-order valence-corrected chi connectivity index (χ0v) is 19.0. The van der Waals surface area contributed by atoms with Crippen molar-refractivity contribution < 1.29 is 18.7 Å². The molecule has 2 aromatic rings. The normalized spacial score (nSPS) is 11.6. The standard InChI is InChI=1S/C23H28BrFN2O3/c1-3-5-14-26-23(29)21(4-2)27(15-17-6-10-19(25)11-7-17)22(28)16-30-20-12-8-18(24)9-13-20/h6-13,21H,3-5,14-16H2,1-2H3,(H,26,29)/t21-/m0/s1. The molecule has 1 atom stereocenters. The number of benzene rings is 2. The number of amides is 2. The van der Waals surface area contributed by atoms with Crippen LogP contribution in [0.5, 0.6) is 5.75 Å². The molecule has 5 nitrogen and oxygen atoms in total. The molecule has 0 aliphatic heterocycles. The van der Waals surface area contributed by atoms with Gasteiger partial charge in [0.15, 0.2) is 6.61 Å². The second kappa shape index (κ2) is 12.3. The Balaban J connectivity index is 2.15. The van der Waals surface area contributed by atoms with Crippen LogP contribution >= 0.6 is 15.9 Å². The second-order valence-electron chi connectivity index (χ2n) is 6.96. The van der Waals surface area contributed by atoms with Crippen molar-refractivity contribution in [1.82, 2.24) is 10.2 Å². The molecule has 0 heterocycles. The maximum atomic E-state index is 13.3. The van der Waals surface area contributed by atoms with Gasteiger partial charge in [0, 0.05) is 17.6 Å². The first-order valence-corrected chi connectivity index (χ1v) is 10.9. The van der Waals surface area contributed by atoms with Crippen molar-refractivity contribution in [1.29, 1.82) is 0 Å². The number of rotatable bonds is 11. The summed E-state index contributed by atoms with van der Waals surface area (Å²) in [5.41, 5.74) is 0.744. The molecule has 0 spiro atoms. The minimum Gasteiger partial charge on any atom is -0.484 e. The molecule has 1 N–H and O–H groups in total. The Hall–Kier alpha value is -2.41. The lowest BCUT2D eigenvalue weighted by Crippen LogP contribution is -2.50. The van der Waals surface area contributed by atoms with Crippen LogP contribution in [-0.2, 0) is 16.1 Å². The molecule has 2 amide bonds. The highest BCUT2D eigenvalue weighted by molar-refractivity contribution is 9.10. The molecule has 7 heteroatoms. The van der Waals surface area contributed by atoms with E-state index >= 15 is 0 Å². The number of nitrogens with zero attached hydrogens (tertiary/aromatic N) is 1. The molecule has 2 aromatic carbocycles. The van der Waals surface area contributed by atoms with Gasteiger partial charge in [0.1, 0.15) is 17.6 Å². The largest absolute Gasteiger partial charge is 0.484 e. The van der Waals surface area contributed by atoms with E-state index in [9.17, 15) is 14.0 Å². The summed E-state index contributed by atoms with van der Waals surface area (Å²) in [6.07, 6.45) is 2.31. The summed E-state index contributed by atoms with van der Waals surface area (Å²) in [4.78, 5) is 27.3. The van der Waals surface area contributed by atoms with Crippen molar-refractivity contribution in [3.8, 4) is 5.75 Å². The summed E-state index contributed by atoms with van der Waals surface area (Å²) >= 11 is 3.36. The van der Waals surface area contributed by atoms with E-state index < -0.39 is 6.04 Å². The van der Waals surface area contributed by atoms with Crippen LogP contribution in [0.1, 0.15) is 38.7 Å². The van der Waals surface area contributed by atoms with Gasteiger partial charge in [-0.2, -0.15) is 0 Å². The predicted octanol–water partition coefficient (Wildman–Crippen LogP) is 4.69. The summed E-state index contributed by atoms with van der Waals surface area (Å²) in [6.45, 7) is 4.49. The molecule has 0 bridgehead atoms. The van der Waals surface area contributed by atoms with Gasteiger partial charge in [0.25, 0.3) is 5.91 Å². The lowest BCUT2D eigenvalue weighted by molar-refractivity contribution is -0.143. The SMILES string of the molecule is CCCCNC(=O)[C@H](CC)N(Cc1ccc(F)cc1)C(=O)COc1ccc(Br)cc1. The predicted molar refractivity (Wildman–Crippen MR) is 119 cm³/mol. The van der Waals surface area contributed by atoms with E-state index in [1.807, 2.05) is 26.0 Å². The molecular formula is C23H28BrFN2O3. The number of carbonyl (C=O) groups is 2. The van der Waals surface area contributed by atoms with Crippen LogP contribution in [0.15, 0.2) is 53.0 Å².